The van der Waals surface area contributed by atoms with Crippen LogP contribution in [-0.4, -0.2) is 0 Å². The topological polar surface area (TPSA) is 3.24 Å². The first kappa shape index (κ1) is 34.0. The average molecular weight is 754 g/mol. The van der Waals surface area contributed by atoms with Crippen molar-refractivity contribution in [2.75, 3.05) is 4.90 Å². The molecule has 0 saturated heterocycles. The van der Waals surface area contributed by atoms with Crippen molar-refractivity contribution in [3.05, 3.63) is 161 Å². The van der Waals surface area contributed by atoms with Gasteiger partial charge in [-0.3, -0.25) is 0 Å². The molecule has 5 fully saturated rings. The number of benzene rings is 6. The quantitative estimate of drug-likeness (QED) is 0.173. The molecule has 0 aromatic heterocycles. The van der Waals surface area contributed by atoms with Gasteiger partial charge < -0.3 is 4.90 Å². The Bertz CT molecular complexity index is 2620. The highest BCUT2D eigenvalue weighted by Crippen LogP contribution is 2.74. The van der Waals surface area contributed by atoms with E-state index in [1.165, 1.54) is 111 Å². The summed E-state index contributed by atoms with van der Waals surface area (Å²) in [5.74, 6) is 6.24. The summed E-state index contributed by atoms with van der Waals surface area (Å²) in [6.45, 7) is 12.1. The van der Waals surface area contributed by atoms with Crippen LogP contribution in [-0.2, 0) is 16.2 Å². The first-order valence-electron chi connectivity index (χ1n) is 22.7. The Kier molecular flexibility index (Phi) is 6.71. The maximum absolute atomic E-state index is 2.64. The number of anilines is 3. The zero-order valence-corrected chi connectivity index (χ0v) is 34.9. The number of fused-ring (bicyclic) bond motifs is 9. The summed E-state index contributed by atoms with van der Waals surface area (Å²) in [5.41, 5.74) is 21.2. The third-order valence-electron chi connectivity index (χ3n) is 18.0. The lowest BCUT2D eigenvalue weighted by Gasteiger charge is -2.69. The van der Waals surface area contributed by atoms with Crippen LogP contribution in [0.1, 0.15) is 107 Å². The highest BCUT2D eigenvalue weighted by Gasteiger charge is 2.68. The van der Waals surface area contributed by atoms with Crippen LogP contribution in [0.4, 0.5) is 17.1 Å². The van der Waals surface area contributed by atoms with Gasteiger partial charge in [-0.15, -0.1) is 0 Å². The highest BCUT2D eigenvalue weighted by atomic mass is 15.1. The lowest BCUT2D eigenvalue weighted by atomic mass is 9.35. The van der Waals surface area contributed by atoms with Gasteiger partial charge in [-0.05, 0) is 177 Å². The number of hydrogen-bond acceptors (Lipinski definition) is 1. The van der Waals surface area contributed by atoms with Gasteiger partial charge in [-0.2, -0.15) is 0 Å². The minimum Gasteiger partial charge on any atom is -0.310 e. The van der Waals surface area contributed by atoms with E-state index in [0.717, 1.165) is 41.4 Å². The van der Waals surface area contributed by atoms with Gasteiger partial charge in [0, 0.05) is 33.3 Å². The second-order valence-electron chi connectivity index (χ2n) is 20.8. The van der Waals surface area contributed by atoms with E-state index >= 15 is 0 Å². The molecule has 0 heterocycles. The van der Waals surface area contributed by atoms with Crippen LogP contribution < -0.4 is 4.90 Å². The molecule has 8 unspecified atom stereocenters. The van der Waals surface area contributed by atoms with Gasteiger partial charge in [0.15, 0.2) is 0 Å². The molecule has 14 rings (SSSR count). The summed E-state index contributed by atoms with van der Waals surface area (Å²) >= 11 is 0. The maximum atomic E-state index is 2.64. The molecule has 58 heavy (non-hydrogen) atoms. The van der Waals surface area contributed by atoms with Gasteiger partial charge in [0.25, 0.3) is 0 Å². The van der Waals surface area contributed by atoms with E-state index in [1.54, 1.807) is 11.1 Å². The Hall–Kier alpha value is -4.88. The summed E-state index contributed by atoms with van der Waals surface area (Å²) in [4.78, 5) is 2.60. The van der Waals surface area contributed by atoms with Crippen molar-refractivity contribution >= 4 is 17.1 Å². The molecule has 0 N–H and O–H groups in total. The molecule has 0 aliphatic heterocycles. The molecule has 8 atom stereocenters. The molecule has 8 aliphatic carbocycles. The van der Waals surface area contributed by atoms with E-state index in [0.29, 0.717) is 0 Å². The minimum atomic E-state index is -0.0766. The molecule has 1 nitrogen and oxygen atoms in total. The largest absolute Gasteiger partial charge is 0.310 e. The molecular formula is C57H55N. The average Bonchev–Trinajstić information content (AvgIpc) is 3.75. The number of rotatable bonds is 4. The fourth-order valence-electron chi connectivity index (χ4n) is 15.6. The predicted molar refractivity (Wildman–Crippen MR) is 240 cm³/mol. The number of hydrogen-bond donors (Lipinski definition) is 0. The molecular weight excluding hydrogens is 699 g/mol. The van der Waals surface area contributed by atoms with E-state index in [4.69, 9.17) is 0 Å². The van der Waals surface area contributed by atoms with Crippen molar-refractivity contribution < 1.29 is 0 Å². The maximum Gasteiger partial charge on any atom is 0.0468 e. The molecule has 1 heteroatoms. The highest BCUT2D eigenvalue weighted by molar-refractivity contribution is 5.91. The first-order chi connectivity index (χ1) is 28.2. The van der Waals surface area contributed by atoms with Gasteiger partial charge in [-0.25, -0.2) is 0 Å². The molecule has 5 saturated carbocycles. The molecule has 8 aliphatic rings. The van der Waals surface area contributed by atoms with Gasteiger partial charge in [-0.1, -0.05) is 132 Å². The zero-order valence-electron chi connectivity index (χ0n) is 34.9. The summed E-state index contributed by atoms with van der Waals surface area (Å²) in [5, 5.41) is 0. The fraction of sp³-hybridized carbons (Fsp3) is 0.368. The van der Waals surface area contributed by atoms with Crippen LogP contribution in [0.25, 0.3) is 33.4 Å². The molecule has 1 spiro atoms. The standard InChI is InChI=1S/C57H55N/c1-6-33-25-44-34-27-35-29-45(44)46(26-33)54(28-34)57(35)50-18-12-9-15-41(50)47-30-36(21-24-51(47)57)58(37-19-22-42-39-13-7-10-16-48(39)55(2,3)52(42)31-37)38-20-23-43-40-14-8-11-17-49(40)56(4,5)53(43)32-38/h7-24,30-35,44-46,54H,6,25-29H2,1-5H3. The summed E-state index contributed by atoms with van der Waals surface area (Å²) < 4.78 is 0. The monoisotopic (exact) mass is 753 g/mol. The Morgan fingerprint density at radius 1 is 0.448 bits per heavy atom. The van der Waals surface area contributed by atoms with Crippen molar-refractivity contribution in [3.63, 3.8) is 0 Å². The Morgan fingerprint density at radius 3 is 1.57 bits per heavy atom. The van der Waals surface area contributed by atoms with Crippen LogP contribution in [0.2, 0.25) is 0 Å². The summed E-state index contributed by atoms with van der Waals surface area (Å²) in [6, 6.07) is 50.2. The second kappa shape index (κ2) is 11.4. The van der Waals surface area contributed by atoms with Crippen molar-refractivity contribution in [1.82, 2.24) is 0 Å². The van der Waals surface area contributed by atoms with Crippen LogP contribution >= 0.6 is 0 Å². The van der Waals surface area contributed by atoms with Crippen LogP contribution in [0.3, 0.4) is 0 Å². The Labute approximate surface area is 345 Å². The van der Waals surface area contributed by atoms with Crippen molar-refractivity contribution in [2.24, 2.45) is 41.4 Å². The fourth-order valence-corrected chi connectivity index (χ4v) is 15.6. The first-order valence-corrected chi connectivity index (χ1v) is 22.7. The number of nitrogens with zero attached hydrogens (tertiary/aromatic N) is 1. The van der Waals surface area contributed by atoms with Crippen molar-refractivity contribution in [3.8, 4) is 33.4 Å². The van der Waals surface area contributed by atoms with Crippen LogP contribution in [0.5, 0.6) is 0 Å². The van der Waals surface area contributed by atoms with Gasteiger partial charge in [0.2, 0.25) is 0 Å². The predicted octanol–water partition coefficient (Wildman–Crippen LogP) is 14.8. The van der Waals surface area contributed by atoms with E-state index in [2.05, 4.69) is 167 Å². The van der Waals surface area contributed by atoms with E-state index in [1.807, 2.05) is 0 Å². The third-order valence-corrected chi connectivity index (χ3v) is 18.0. The van der Waals surface area contributed by atoms with Crippen molar-refractivity contribution in [2.45, 2.75) is 89.4 Å². The molecule has 0 amide bonds. The lowest BCUT2D eigenvalue weighted by Crippen LogP contribution is -2.64. The Balaban J connectivity index is 1.00. The van der Waals surface area contributed by atoms with E-state index < -0.39 is 0 Å². The molecule has 6 aromatic carbocycles. The lowest BCUT2D eigenvalue weighted by molar-refractivity contribution is -0.159. The zero-order chi connectivity index (χ0) is 38.9. The Morgan fingerprint density at radius 2 is 0.948 bits per heavy atom. The molecule has 0 radical (unpaired) electrons. The third kappa shape index (κ3) is 4.09. The summed E-state index contributed by atoms with van der Waals surface area (Å²) in [7, 11) is 0. The summed E-state index contributed by atoms with van der Waals surface area (Å²) in [6.07, 6.45) is 8.66. The van der Waals surface area contributed by atoms with E-state index in [-0.39, 0.29) is 16.2 Å². The van der Waals surface area contributed by atoms with Crippen molar-refractivity contribution in [1.29, 1.82) is 0 Å². The normalized spacial score (nSPS) is 30.1. The van der Waals surface area contributed by atoms with Gasteiger partial charge >= 0.3 is 0 Å². The second-order valence-corrected chi connectivity index (χ2v) is 20.8. The van der Waals surface area contributed by atoms with E-state index in [9.17, 15) is 0 Å². The molecule has 6 aromatic rings. The smallest absolute Gasteiger partial charge is 0.0468 e. The molecule has 288 valence electrons. The van der Waals surface area contributed by atoms with Crippen LogP contribution in [0, 0.1) is 41.4 Å². The molecule has 6 bridgehead atoms. The SMILES string of the molecule is CCC1CC2C3CC4CC2C(C1)C(C3)C41c2ccccc2-c2cc(N(c3ccc4c(c3)C(C)(C)c3ccccc3-4)c3ccc4c(c3)C(C)(C)c3ccccc3-4)ccc21. The van der Waals surface area contributed by atoms with Gasteiger partial charge in [0.1, 0.15) is 0 Å². The van der Waals surface area contributed by atoms with Gasteiger partial charge in [0.05, 0.1) is 0 Å². The van der Waals surface area contributed by atoms with Crippen LogP contribution in [0.15, 0.2) is 127 Å². The minimum absolute atomic E-state index is 0.0766.